The fraction of sp³-hybridized carbons (Fsp3) is 0.818. The van der Waals surface area contributed by atoms with Crippen molar-refractivity contribution in [2.45, 2.75) is 46.1 Å². The topological polar surface area (TPSA) is 58.0 Å². The van der Waals surface area contributed by atoms with E-state index in [4.69, 9.17) is 5.11 Å². The molecular formula is C11H21N3OS. The Morgan fingerprint density at radius 2 is 2.00 bits per heavy atom. The quantitative estimate of drug-likeness (QED) is 0.851. The second-order valence-corrected chi connectivity index (χ2v) is 6.02. The fourth-order valence-corrected chi connectivity index (χ4v) is 1.94. The smallest absolute Gasteiger partial charge is 0.202 e. The normalized spacial score (nSPS) is 15.9. The first-order chi connectivity index (χ1) is 7.34. The lowest BCUT2D eigenvalue weighted by molar-refractivity contribution is 0.226. The number of nitrogens with zero attached hydrogens (tertiary/aromatic N) is 2. The second kappa shape index (κ2) is 5.10. The highest BCUT2D eigenvalue weighted by molar-refractivity contribution is 7.09. The Morgan fingerprint density at radius 1 is 1.38 bits per heavy atom. The van der Waals surface area contributed by atoms with E-state index in [2.05, 4.69) is 35.4 Å². The molecule has 0 aliphatic rings. The van der Waals surface area contributed by atoms with Crippen LogP contribution in [-0.4, -0.2) is 27.1 Å². The Balaban J connectivity index is 2.66. The van der Waals surface area contributed by atoms with Gasteiger partial charge in [0.2, 0.25) is 5.13 Å². The summed E-state index contributed by atoms with van der Waals surface area (Å²) in [5, 5.41) is 13.1. The predicted octanol–water partition coefficient (Wildman–Crippen LogP) is 2.26. The SMILES string of the molecule is CC(CO)C(C)Nc1nc(C(C)(C)C)ns1. The number of anilines is 1. The number of hydrogen-bond donors (Lipinski definition) is 2. The molecule has 2 atom stereocenters. The maximum absolute atomic E-state index is 9.05. The van der Waals surface area contributed by atoms with Crippen molar-refractivity contribution in [2.75, 3.05) is 11.9 Å². The lowest BCUT2D eigenvalue weighted by Crippen LogP contribution is -2.26. The molecule has 2 N–H and O–H groups in total. The van der Waals surface area contributed by atoms with Crippen LogP contribution in [0.15, 0.2) is 0 Å². The summed E-state index contributed by atoms with van der Waals surface area (Å²) >= 11 is 1.38. The molecule has 92 valence electrons. The van der Waals surface area contributed by atoms with Gasteiger partial charge in [-0.1, -0.05) is 27.7 Å². The predicted molar refractivity (Wildman–Crippen MR) is 67.9 cm³/mol. The van der Waals surface area contributed by atoms with Gasteiger partial charge < -0.3 is 10.4 Å². The zero-order chi connectivity index (χ0) is 12.3. The fourth-order valence-electron chi connectivity index (χ4n) is 1.08. The van der Waals surface area contributed by atoms with Crippen LogP contribution in [0.2, 0.25) is 0 Å². The van der Waals surface area contributed by atoms with Gasteiger partial charge in [0.15, 0.2) is 0 Å². The van der Waals surface area contributed by atoms with Crippen molar-refractivity contribution in [2.24, 2.45) is 5.92 Å². The molecule has 0 aromatic carbocycles. The van der Waals surface area contributed by atoms with E-state index in [-0.39, 0.29) is 24.0 Å². The van der Waals surface area contributed by atoms with Crippen molar-refractivity contribution in [3.05, 3.63) is 5.82 Å². The maximum atomic E-state index is 9.05. The molecule has 5 heteroatoms. The summed E-state index contributed by atoms with van der Waals surface area (Å²) in [4.78, 5) is 4.45. The number of aliphatic hydroxyl groups is 1. The van der Waals surface area contributed by atoms with Crippen molar-refractivity contribution >= 4 is 16.7 Å². The minimum atomic E-state index is -0.0116. The van der Waals surface area contributed by atoms with Gasteiger partial charge in [0.25, 0.3) is 0 Å². The first kappa shape index (κ1) is 13.4. The Kier molecular flexibility index (Phi) is 4.27. The first-order valence-electron chi connectivity index (χ1n) is 5.56. The van der Waals surface area contributed by atoms with E-state index in [1.165, 1.54) is 11.5 Å². The van der Waals surface area contributed by atoms with Crippen molar-refractivity contribution in [1.29, 1.82) is 0 Å². The van der Waals surface area contributed by atoms with Crippen LogP contribution in [0, 0.1) is 5.92 Å². The molecule has 0 aliphatic heterocycles. The summed E-state index contributed by atoms with van der Waals surface area (Å²) < 4.78 is 4.33. The summed E-state index contributed by atoms with van der Waals surface area (Å²) in [6, 6.07) is 0.200. The van der Waals surface area contributed by atoms with E-state index < -0.39 is 0 Å². The van der Waals surface area contributed by atoms with Gasteiger partial charge in [0, 0.05) is 29.6 Å². The number of nitrogens with one attached hydrogen (secondary N) is 1. The molecule has 1 aromatic rings. The number of aromatic nitrogens is 2. The Hall–Kier alpha value is -0.680. The van der Waals surface area contributed by atoms with Gasteiger partial charge in [-0.25, -0.2) is 4.98 Å². The third kappa shape index (κ3) is 3.42. The minimum Gasteiger partial charge on any atom is -0.396 e. The van der Waals surface area contributed by atoms with E-state index >= 15 is 0 Å². The number of aliphatic hydroxyl groups excluding tert-OH is 1. The molecular weight excluding hydrogens is 222 g/mol. The molecule has 0 aliphatic carbocycles. The van der Waals surface area contributed by atoms with E-state index in [0.717, 1.165) is 11.0 Å². The monoisotopic (exact) mass is 243 g/mol. The Labute approximate surface area is 101 Å². The lowest BCUT2D eigenvalue weighted by atomic mass is 9.96. The highest BCUT2D eigenvalue weighted by Crippen LogP contribution is 2.23. The molecule has 0 saturated heterocycles. The molecule has 1 aromatic heterocycles. The highest BCUT2D eigenvalue weighted by atomic mass is 32.1. The average Bonchev–Trinajstić information content (AvgIpc) is 2.64. The summed E-state index contributed by atoms with van der Waals surface area (Å²) in [6.07, 6.45) is 0. The summed E-state index contributed by atoms with van der Waals surface area (Å²) in [5.41, 5.74) is -0.0116. The van der Waals surface area contributed by atoms with Gasteiger partial charge in [-0.05, 0) is 12.8 Å². The minimum absolute atomic E-state index is 0.0116. The van der Waals surface area contributed by atoms with Crippen LogP contribution < -0.4 is 5.32 Å². The average molecular weight is 243 g/mol. The van der Waals surface area contributed by atoms with Crippen molar-refractivity contribution in [1.82, 2.24) is 9.36 Å². The van der Waals surface area contributed by atoms with Crippen LogP contribution in [-0.2, 0) is 5.41 Å². The summed E-state index contributed by atoms with van der Waals surface area (Å²) in [7, 11) is 0. The van der Waals surface area contributed by atoms with Crippen LogP contribution in [0.5, 0.6) is 0 Å². The highest BCUT2D eigenvalue weighted by Gasteiger charge is 2.20. The third-order valence-corrected chi connectivity index (χ3v) is 3.24. The van der Waals surface area contributed by atoms with Crippen molar-refractivity contribution in [3.8, 4) is 0 Å². The van der Waals surface area contributed by atoms with Crippen molar-refractivity contribution < 1.29 is 5.11 Å². The molecule has 1 rings (SSSR count). The van der Waals surface area contributed by atoms with Gasteiger partial charge in [-0.2, -0.15) is 4.37 Å². The van der Waals surface area contributed by atoms with Gasteiger partial charge in [0.05, 0.1) is 0 Å². The second-order valence-electron chi connectivity index (χ2n) is 5.27. The summed E-state index contributed by atoms with van der Waals surface area (Å²) in [5.74, 6) is 1.07. The lowest BCUT2D eigenvalue weighted by Gasteiger charge is -2.18. The zero-order valence-corrected chi connectivity index (χ0v) is 11.4. The van der Waals surface area contributed by atoms with E-state index in [0.29, 0.717) is 0 Å². The number of rotatable bonds is 4. The van der Waals surface area contributed by atoms with Crippen LogP contribution >= 0.6 is 11.5 Å². The molecule has 0 saturated carbocycles. The van der Waals surface area contributed by atoms with E-state index in [9.17, 15) is 0 Å². The molecule has 0 radical (unpaired) electrons. The standard InChI is InChI=1S/C11H21N3OS/c1-7(6-15)8(2)12-10-13-9(14-16-10)11(3,4)5/h7-8,15H,6H2,1-5H3,(H,12,13,14). The maximum Gasteiger partial charge on any atom is 0.202 e. The largest absolute Gasteiger partial charge is 0.396 e. The summed E-state index contributed by atoms with van der Waals surface area (Å²) in [6.45, 7) is 10.5. The van der Waals surface area contributed by atoms with Crippen LogP contribution in [0.1, 0.15) is 40.4 Å². The zero-order valence-electron chi connectivity index (χ0n) is 10.6. The van der Waals surface area contributed by atoms with Crippen LogP contribution in [0.4, 0.5) is 5.13 Å². The first-order valence-corrected chi connectivity index (χ1v) is 6.33. The third-order valence-electron chi connectivity index (χ3n) is 2.59. The molecule has 0 amide bonds. The molecule has 16 heavy (non-hydrogen) atoms. The van der Waals surface area contributed by atoms with Crippen molar-refractivity contribution in [3.63, 3.8) is 0 Å². The van der Waals surface area contributed by atoms with Crippen LogP contribution in [0.25, 0.3) is 0 Å². The number of hydrogen-bond acceptors (Lipinski definition) is 5. The Bertz CT molecular complexity index is 332. The van der Waals surface area contributed by atoms with Crippen LogP contribution in [0.3, 0.4) is 0 Å². The van der Waals surface area contributed by atoms with Gasteiger partial charge in [-0.15, -0.1) is 0 Å². The molecule has 0 bridgehead atoms. The molecule has 2 unspecified atom stereocenters. The van der Waals surface area contributed by atoms with Gasteiger partial charge >= 0.3 is 0 Å². The van der Waals surface area contributed by atoms with Gasteiger partial charge in [-0.3, -0.25) is 0 Å². The Morgan fingerprint density at radius 3 is 2.44 bits per heavy atom. The molecule has 4 nitrogen and oxygen atoms in total. The van der Waals surface area contributed by atoms with E-state index in [1.807, 2.05) is 13.8 Å². The van der Waals surface area contributed by atoms with E-state index in [1.54, 1.807) is 0 Å². The molecule has 0 fully saturated rings. The van der Waals surface area contributed by atoms with Gasteiger partial charge in [0.1, 0.15) is 5.82 Å². The molecule has 1 heterocycles. The molecule has 0 spiro atoms.